The van der Waals surface area contributed by atoms with Crippen LogP contribution in [0.1, 0.15) is 43.3 Å². The zero-order valence-electron chi connectivity index (χ0n) is 17.0. The molecule has 0 spiro atoms. The summed E-state index contributed by atoms with van der Waals surface area (Å²) in [5, 5.41) is 4.24. The van der Waals surface area contributed by atoms with E-state index in [0.29, 0.717) is 24.8 Å². The topological polar surface area (TPSA) is 74.9 Å². The van der Waals surface area contributed by atoms with E-state index in [1.807, 2.05) is 4.90 Å². The lowest BCUT2D eigenvalue weighted by atomic mass is 9.93. The van der Waals surface area contributed by atoms with E-state index >= 15 is 0 Å². The van der Waals surface area contributed by atoms with Crippen LogP contribution in [0.15, 0.2) is 4.52 Å². The molecule has 28 heavy (non-hydrogen) atoms. The number of carbonyl (C=O) groups is 1. The fourth-order valence-corrected chi connectivity index (χ4v) is 4.46. The first-order chi connectivity index (χ1) is 13.7. The molecule has 4 heterocycles. The number of piperidine rings is 2. The maximum atomic E-state index is 12.4. The largest absolute Gasteiger partial charge is 0.379 e. The number of hydrogen-bond acceptors (Lipinski definition) is 7. The Balaban J connectivity index is 1.29. The summed E-state index contributed by atoms with van der Waals surface area (Å²) in [6.45, 7) is 8.16. The van der Waals surface area contributed by atoms with Crippen molar-refractivity contribution >= 4 is 5.91 Å². The number of hydrogen-bond donors (Lipinski definition) is 0. The van der Waals surface area contributed by atoms with Crippen molar-refractivity contribution in [3.8, 4) is 0 Å². The Morgan fingerprint density at radius 1 is 1.07 bits per heavy atom. The zero-order valence-corrected chi connectivity index (χ0v) is 17.0. The van der Waals surface area contributed by atoms with Gasteiger partial charge < -0.3 is 19.1 Å². The summed E-state index contributed by atoms with van der Waals surface area (Å²) < 4.78 is 11.0. The Bertz CT molecular complexity index is 638. The van der Waals surface area contributed by atoms with Gasteiger partial charge in [-0.1, -0.05) is 5.16 Å². The fraction of sp³-hybridized carbons (Fsp3) is 0.850. The van der Waals surface area contributed by atoms with Crippen LogP contribution >= 0.6 is 0 Å². The number of likely N-dealkylation sites (tertiary alicyclic amines) is 2. The van der Waals surface area contributed by atoms with Crippen molar-refractivity contribution < 1.29 is 14.1 Å². The van der Waals surface area contributed by atoms with Gasteiger partial charge in [0.05, 0.1) is 19.1 Å². The van der Waals surface area contributed by atoms with Crippen LogP contribution in [0.25, 0.3) is 0 Å². The van der Waals surface area contributed by atoms with E-state index in [4.69, 9.17) is 14.2 Å². The quantitative estimate of drug-likeness (QED) is 0.716. The van der Waals surface area contributed by atoms with Crippen LogP contribution in [-0.2, 0) is 16.0 Å². The van der Waals surface area contributed by atoms with Crippen LogP contribution in [0, 0.1) is 5.92 Å². The minimum absolute atomic E-state index is 0.168. The zero-order chi connectivity index (χ0) is 19.3. The van der Waals surface area contributed by atoms with Crippen LogP contribution in [0.2, 0.25) is 0 Å². The summed E-state index contributed by atoms with van der Waals surface area (Å²) in [7, 11) is 2.18. The summed E-state index contributed by atoms with van der Waals surface area (Å²) in [5.74, 6) is 2.62. The van der Waals surface area contributed by atoms with Gasteiger partial charge in [-0.3, -0.25) is 9.69 Å². The molecular formula is C20H33N5O3. The van der Waals surface area contributed by atoms with Gasteiger partial charge in [0.1, 0.15) is 0 Å². The lowest BCUT2D eigenvalue weighted by Gasteiger charge is -2.34. The van der Waals surface area contributed by atoms with Crippen LogP contribution in [0.3, 0.4) is 0 Å². The fourth-order valence-electron chi connectivity index (χ4n) is 4.46. The van der Waals surface area contributed by atoms with E-state index in [1.54, 1.807) is 0 Å². The van der Waals surface area contributed by atoms with Gasteiger partial charge in [-0.15, -0.1) is 0 Å². The van der Waals surface area contributed by atoms with Crippen molar-refractivity contribution in [3.05, 3.63) is 11.7 Å². The normalized spacial score (nSPS) is 26.1. The Morgan fingerprint density at radius 3 is 2.64 bits per heavy atom. The second kappa shape index (κ2) is 9.33. The van der Waals surface area contributed by atoms with E-state index < -0.39 is 0 Å². The number of carbonyl (C=O) groups excluding carboxylic acids is 1. The second-order valence-electron chi connectivity index (χ2n) is 8.53. The van der Waals surface area contributed by atoms with Crippen molar-refractivity contribution in [2.75, 3.05) is 66.1 Å². The number of amides is 1. The average molecular weight is 392 g/mol. The monoisotopic (exact) mass is 391 g/mol. The molecule has 0 saturated carbocycles. The van der Waals surface area contributed by atoms with Crippen molar-refractivity contribution in [1.29, 1.82) is 0 Å². The molecule has 0 unspecified atom stereocenters. The van der Waals surface area contributed by atoms with E-state index in [9.17, 15) is 4.79 Å². The van der Waals surface area contributed by atoms with Gasteiger partial charge in [0, 0.05) is 45.6 Å². The summed E-state index contributed by atoms with van der Waals surface area (Å²) >= 11 is 0. The van der Waals surface area contributed by atoms with Crippen LogP contribution in [-0.4, -0.2) is 96.8 Å². The van der Waals surface area contributed by atoms with Crippen molar-refractivity contribution in [1.82, 2.24) is 24.8 Å². The summed E-state index contributed by atoms with van der Waals surface area (Å²) in [6.07, 6.45) is 4.69. The van der Waals surface area contributed by atoms with Crippen molar-refractivity contribution in [2.45, 2.75) is 38.0 Å². The highest BCUT2D eigenvalue weighted by Crippen LogP contribution is 2.27. The van der Waals surface area contributed by atoms with E-state index in [1.165, 1.54) is 12.8 Å². The third-order valence-electron chi connectivity index (χ3n) is 6.43. The van der Waals surface area contributed by atoms with E-state index in [0.717, 1.165) is 71.1 Å². The lowest BCUT2D eigenvalue weighted by molar-refractivity contribution is -0.134. The highest BCUT2D eigenvalue weighted by Gasteiger charge is 2.31. The van der Waals surface area contributed by atoms with Gasteiger partial charge in [-0.05, 0) is 45.3 Å². The maximum Gasteiger partial charge on any atom is 0.231 e. The molecule has 0 aromatic carbocycles. The highest BCUT2D eigenvalue weighted by atomic mass is 16.5. The molecular weight excluding hydrogens is 358 g/mol. The summed E-state index contributed by atoms with van der Waals surface area (Å²) in [4.78, 5) is 23.8. The van der Waals surface area contributed by atoms with Crippen molar-refractivity contribution in [2.24, 2.45) is 5.92 Å². The van der Waals surface area contributed by atoms with Gasteiger partial charge in [0.25, 0.3) is 0 Å². The molecule has 8 nitrogen and oxygen atoms in total. The Kier molecular flexibility index (Phi) is 6.59. The Morgan fingerprint density at radius 2 is 1.86 bits per heavy atom. The Labute approximate surface area is 167 Å². The summed E-state index contributed by atoms with van der Waals surface area (Å²) in [6, 6.07) is 0. The minimum Gasteiger partial charge on any atom is -0.379 e. The first-order valence-corrected chi connectivity index (χ1v) is 10.8. The van der Waals surface area contributed by atoms with Gasteiger partial charge in [-0.2, -0.15) is 4.98 Å². The molecule has 3 aliphatic rings. The molecule has 4 rings (SSSR count). The molecule has 0 N–H and O–H groups in total. The molecule has 156 valence electrons. The predicted molar refractivity (Wildman–Crippen MR) is 104 cm³/mol. The molecule has 1 atom stereocenters. The van der Waals surface area contributed by atoms with Gasteiger partial charge in [0.15, 0.2) is 5.82 Å². The van der Waals surface area contributed by atoms with Gasteiger partial charge in [0.2, 0.25) is 11.8 Å². The smallest absolute Gasteiger partial charge is 0.231 e. The van der Waals surface area contributed by atoms with Crippen LogP contribution in [0.4, 0.5) is 0 Å². The number of aromatic nitrogens is 2. The standard InChI is InChI=1S/C20H33N5O3/c1-23-6-4-16(5-7-23)14-18-21-20(28-22-18)17-2-3-19(26)25(15-17)9-8-24-10-12-27-13-11-24/h16-17H,2-15H2,1H3/t17-/m0/s1. The van der Waals surface area contributed by atoms with Gasteiger partial charge in [-0.25, -0.2) is 0 Å². The third kappa shape index (κ3) is 5.10. The first kappa shape index (κ1) is 19.8. The SMILES string of the molecule is CN1CCC(Cc2noc([C@H]3CCC(=O)N(CCN4CCOCC4)C3)n2)CC1. The van der Waals surface area contributed by atoms with Crippen LogP contribution in [0.5, 0.6) is 0 Å². The molecule has 3 fully saturated rings. The van der Waals surface area contributed by atoms with E-state index in [2.05, 4.69) is 22.0 Å². The molecule has 1 aromatic rings. The van der Waals surface area contributed by atoms with E-state index in [-0.39, 0.29) is 11.8 Å². The number of rotatable bonds is 6. The highest BCUT2D eigenvalue weighted by molar-refractivity contribution is 5.77. The van der Waals surface area contributed by atoms with Crippen molar-refractivity contribution in [3.63, 3.8) is 0 Å². The molecule has 3 saturated heterocycles. The molecule has 8 heteroatoms. The Hall–Kier alpha value is -1.51. The molecule has 0 bridgehead atoms. The number of nitrogens with zero attached hydrogens (tertiary/aromatic N) is 5. The number of ether oxygens (including phenoxy) is 1. The second-order valence-corrected chi connectivity index (χ2v) is 8.53. The average Bonchev–Trinajstić information content (AvgIpc) is 3.18. The van der Waals surface area contributed by atoms with Crippen LogP contribution < -0.4 is 0 Å². The maximum absolute atomic E-state index is 12.4. The molecule has 1 amide bonds. The van der Waals surface area contributed by atoms with Gasteiger partial charge >= 0.3 is 0 Å². The lowest BCUT2D eigenvalue weighted by Crippen LogP contribution is -2.46. The summed E-state index contributed by atoms with van der Waals surface area (Å²) in [5.41, 5.74) is 0. The first-order valence-electron chi connectivity index (χ1n) is 10.8. The molecule has 0 radical (unpaired) electrons. The molecule has 0 aliphatic carbocycles. The third-order valence-corrected chi connectivity index (χ3v) is 6.43. The molecule has 3 aliphatic heterocycles. The minimum atomic E-state index is 0.168. The molecule has 1 aromatic heterocycles. The number of morpholine rings is 1. The predicted octanol–water partition coefficient (Wildman–Crippen LogP) is 0.992.